The number of nitrogens with zero attached hydrogens (tertiary/aromatic N) is 2. The fourth-order valence-corrected chi connectivity index (χ4v) is 1.60. The van der Waals surface area contributed by atoms with Gasteiger partial charge in [-0.2, -0.15) is 0 Å². The number of aromatic nitrogens is 1. The molecule has 1 saturated heterocycles. The first-order chi connectivity index (χ1) is 7.58. The minimum absolute atomic E-state index is 0.0685. The van der Waals surface area contributed by atoms with E-state index < -0.39 is 23.9 Å². The fraction of sp³-hybridized carbons (Fsp3) is 0.400. The summed E-state index contributed by atoms with van der Waals surface area (Å²) in [5, 5.41) is 18.6. The quantitative estimate of drug-likeness (QED) is 0.670. The fourth-order valence-electron chi connectivity index (χ4n) is 1.60. The number of hydrogen-bond acceptors (Lipinski definition) is 4. The Morgan fingerprint density at radius 1 is 1.38 bits per heavy atom. The maximum absolute atomic E-state index is 12.6. The van der Waals surface area contributed by atoms with Gasteiger partial charge in [0.25, 0.3) is 5.91 Å². The van der Waals surface area contributed by atoms with Crippen LogP contribution >= 0.6 is 0 Å². The molecule has 1 aromatic heterocycles. The van der Waals surface area contributed by atoms with Gasteiger partial charge in [-0.1, -0.05) is 0 Å². The summed E-state index contributed by atoms with van der Waals surface area (Å²) >= 11 is 0. The van der Waals surface area contributed by atoms with Crippen molar-refractivity contribution in [3.05, 3.63) is 29.8 Å². The molecule has 1 fully saturated rings. The summed E-state index contributed by atoms with van der Waals surface area (Å²) in [6.07, 6.45) is -0.898. The predicted octanol–water partition coefficient (Wildman–Crippen LogP) is -0.602. The Hall–Kier alpha value is -1.53. The summed E-state index contributed by atoms with van der Waals surface area (Å²) in [6.45, 7) is 0.137. The first-order valence-corrected chi connectivity index (χ1v) is 4.85. The third kappa shape index (κ3) is 2.02. The van der Waals surface area contributed by atoms with Crippen molar-refractivity contribution in [2.75, 3.05) is 13.1 Å². The van der Waals surface area contributed by atoms with Crippen LogP contribution in [0, 0.1) is 5.82 Å². The highest BCUT2D eigenvalue weighted by Gasteiger charge is 2.33. The van der Waals surface area contributed by atoms with E-state index in [9.17, 15) is 19.4 Å². The highest BCUT2D eigenvalue weighted by Crippen LogP contribution is 2.13. The van der Waals surface area contributed by atoms with Crippen LogP contribution in [-0.4, -0.2) is 51.3 Å². The van der Waals surface area contributed by atoms with Crippen molar-refractivity contribution < 1.29 is 19.4 Å². The predicted molar refractivity (Wildman–Crippen MR) is 52.1 cm³/mol. The van der Waals surface area contributed by atoms with Crippen molar-refractivity contribution in [3.63, 3.8) is 0 Å². The molecule has 5 nitrogen and oxygen atoms in total. The van der Waals surface area contributed by atoms with E-state index in [1.165, 1.54) is 11.0 Å². The van der Waals surface area contributed by atoms with E-state index >= 15 is 0 Å². The first kappa shape index (κ1) is 11.0. The van der Waals surface area contributed by atoms with Crippen LogP contribution < -0.4 is 0 Å². The molecule has 2 atom stereocenters. The van der Waals surface area contributed by atoms with Gasteiger partial charge in [0.2, 0.25) is 0 Å². The second-order valence-electron chi connectivity index (χ2n) is 3.71. The first-order valence-electron chi connectivity index (χ1n) is 4.85. The van der Waals surface area contributed by atoms with Gasteiger partial charge in [0.05, 0.1) is 18.4 Å². The molecule has 2 heterocycles. The summed E-state index contributed by atoms with van der Waals surface area (Å²) in [7, 11) is 0. The molecule has 2 unspecified atom stereocenters. The van der Waals surface area contributed by atoms with Crippen LogP contribution in [0.5, 0.6) is 0 Å². The molecule has 0 bridgehead atoms. The lowest BCUT2D eigenvalue weighted by Gasteiger charge is -2.14. The van der Waals surface area contributed by atoms with Crippen molar-refractivity contribution in [1.29, 1.82) is 0 Å². The molecule has 0 aliphatic carbocycles. The lowest BCUT2D eigenvalue weighted by Crippen LogP contribution is -2.30. The molecule has 0 saturated carbocycles. The molecule has 86 valence electrons. The number of aliphatic hydroxyl groups excluding tert-OH is 2. The van der Waals surface area contributed by atoms with Crippen LogP contribution in [-0.2, 0) is 0 Å². The molecular formula is C10H11FN2O3. The van der Waals surface area contributed by atoms with Gasteiger partial charge < -0.3 is 15.1 Å². The number of likely N-dealkylation sites (tertiary alicyclic amines) is 1. The maximum Gasteiger partial charge on any atom is 0.272 e. The van der Waals surface area contributed by atoms with Gasteiger partial charge in [0, 0.05) is 13.1 Å². The molecular weight excluding hydrogens is 215 g/mol. The monoisotopic (exact) mass is 226 g/mol. The molecule has 6 heteroatoms. The summed E-state index contributed by atoms with van der Waals surface area (Å²) in [4.78, 5) is 16.7. The Labute approximate surface area is 91.1 Å². The third-order valence-corrected chi connectivity index (χ3v) is 2.49. The molecule has 0 aromatic carbocycles. The average molecular weight is 226 g/mol. The van der Waals surface area contributed by atoms with Crippen LogP contribution in [0.15, 0.2) is 18.3 Å². The highest BCUT2D eigenvalue weighted by atomic mass is 19.1. The Bertz CT molecular complexity index is 386. The van der Waals surface area contributed by atoms with Gasteiger partial charge in [0.1, 0.15) is 11.5 Å². The third-order valence-electron chi connectivity index (χ3n) is 2.49. The summed E-state index contributed by atoms with van der Waals surface area (Å²) in [6, 6.07) is 2.41. The lowest BCUT2D eigenvalue weighted by molar-refractivity contribution is 0.0572. The molecule has 16 heavy (non-hydrogen) atoms. The SMILES string of the molecule is O=C(c1ccc(F)cn1)N1CC(O)C(O)C1. The largest absolute Gasteiger partial charge is 0.388 e. The minimum Gasteiger partial charge on any atom is -0.388 e. The lowest BCUT2D eigenvalue weighted by atomic mass is 10.3. The number of hydrogen-bond donors (Lipinski definition) is 2. The number of aliphatic hydroxyl groups is 2. The topological polar surface area (TPSA) is 73.7 Å². The van der Waals surface area contributed by atoms with E-state index in [0.717, 1.165) is 12.3 Å². The van der Waals surface area contributed by atoms with E-state index in [2.05, 4.69) is 4.98 Å². The Kier molecular flexibility index (Phi) is 2.84. The molecule has 2 rings (SSSR count). The zero-order chi connectivity index (χ0) is 11.7. The van der Waals surface area contributed by atoms with Crippen molar-refractivity contribution in [3.8, 4) is 0 Å². The van der Waals surface area contributed by atoms with Gasteiger partial charge >= 0.3 is 0 Å². The van der Waals surface area contributed by atoms with E-state index in [-0.39, 0.29) is 18.8 Å². The normalized spacial score (nSPS) is 24.8. The molecule has 2 N–H and O–H groups in total. The van der Waals surface area contributed by atoms with Crippen molar-refractivity contribution in [2.45, 2.75) is 12.2 Å². The number of amides is 1. The molecule has 1 aromatic rings. The van der Waals surface area contributed by atoms with Crippen LogP contribution in [0.25, 0.3) is 0 Å². The van der Waals surface area contributed by atoms with E-state index in [1.807, 2.05) is 0 Å². The van der Waals surface area contributed by atoms with E-state index in [4.69, 9.17) is 0 Å². The molecule has 1 amide bonds. The Morgan fingerprint density at radius 3 is 2.50 bits per heavy atom. The van der Waals surface area contributed by atoms with Crippen LogP contribution in [0.4, 0.5) is 4.39 Å². The molecule has 0 radical (unpaired) electrons. The summed E-state index contributed by atoms with van der Waals surface area (Å²) < 4.78 is 12.6. The number of carbonyl (C=O) groups excluding carboxylic acids is 1. The van der Waals surface area contributed by atoms with Crippen molar-refractivity contribution in [1.82, 2.24) is 9.88 Å². The number of pyridine rings is 1. The Balaban J connectivity index is 2.11. The van der Waals surface area contributed by atoms with Gasteiger partial charge in [-0.25, -0.2) is 9.37 Å². The zero-order valence-electron chi connectivity index (χ0n) is 8.38. The number of β-amino-alcohol motifs (C(OH)–C–C–N with tert-alkyl or cyclic N) is 2. The smallest absolute Gasteiger partial charge is 0.272 e. The van der Waals surface area contributed by atoms with E-state index in [1.54, 1.807) is 0 Å². The minimum atomic E-state index is -0.926. The van der Waals surface area contributed by atoms with Crippen LogP contribution in [0.2, 0.25) is 0 Å². The second kappa shape index (κ2) is 4.15. The van der Waals surface area contributed by atoms with Crippen molar-refractivity contribution in [2.24, 2.45) is 0 Å². The summed E-state index contributed by atoms with van der Waals surface area (Å²) in [5.41, 5.74) is 0.0997. The molecule has 0 spiro atoms. The maximum atomic E-state index is 12.6. The molecule has 1 aliphatic heterocycles. The average Bonchev–Trinajstić information content (AvgIpc) is 2.59. The highest BCUT2D eigenvalue weighted by molar-refractivity contribution is 5.92. The van der Waals surface area contributed by atoms with Crippen molar-refractivity contribution >= 4 is 5.91 Å². The standard InChI is InChI=1S/C10H11FN2O3/c11-6-1-2-7(12-3-6)10(16)13-4-8(14)9(15)5-13/h1-3,8-9,14-15H,4-5H2. The zero-order valence-corrected chi connectivity index (χ0v) is 8.38. The van der Waals surface area contributed by atoms with Gasteiger partial charge in [0.15, 0.2) is 0 Å². The van der Waals surface area contributed by atoms with Crippen LogP contribution in [0.3, 0.4) is 0 Å². The van der Waals surface area contributed by atoms with Gasteiger partial charge in [-0.15, -0.1) is 0 Å². The van der Waals surface area contributed by atoms with Gasteiger partial charge in [-0.05, 0) is 12.1 Å². The second-order valence-corrected chi connectivity index (χ2v) is 3.71. The Morgan fingerprint density at radius 2 is 2.00 bits per heavy atom. The van der Waals surface area contributed by atoms with Crippen LogP contribution in [0.1, 0.15) is 10.5 Å². The molecule has 1 aliphatic rings. The van der Waals surface area contributed by atoms with Gasteiger partial charge in [-0.3, -0.25) is 4.79 Å². The number of carbonyl (C=O) groups is 1. The summed E-state index contributed by atoms with van der Waals surface area (Å²) in [5.74, 6) is -0.936. The number of rotatable bonds is 1. The number of halogens is 1. The van der Waals surface area contributed by atoms with E-state index in [0.29, 0.717) is 0 Å².